The van der Waals surface area contributed by atoms with Crippen LogP contribution in [-0.4, -0.2) is 31.2 Å². The maximum atomic E-state index is 13.6. The van der Waals surface area contributed by atoms with Gasteiger partial charge in [-0.3, -0.25) is 4.79 Å². The zero-order valence-electron chi connectivity index (χ0n) is 18.0. The maximum absolute atomic E-state index is 13.6. The van der Waals surface area contributed by atoms with Crippen molar-refractivity contribution in [3.8, 4) is 0 Å². The first-order valence-electron chi connectivity index (χ1n) is 10.4. The fourth-order valence-corrected chi connectivity index (χ4v) is 6.40. The van der Waals surface area contributed by atoms with Crippen LogP contribution in [0.15, 0.2) is 74.5 Å². The highest BCUT2D eigenvalue weighted by molar-refractivity contribution is 9.10. The van der Waals surface area contributed by atoms with Crippen molar-refractivity contribution in [3.05, 3.63) is 90.8 Å². The minimum Gasteiger partial charge on any atom is -0.308 e. The summed E-state index contributed by atoms with van der Waals surface area (Å²) < 4.78 is 30.1. The van der Waals surface area contributed by atoms with Gasteiger partial charge in [-0.25, -0.2) is 8.42 Å². The van der Waals surface area contributed by atoms with E-state index in [4.69, 9.17) is 23.2 Å². The molecule has 0 radical (unpaired) electrons. The summed E-state index contributed by atoms with van der Waals surface area (Å²) in [7, 11) is -3.98. The van der Waals surface area contributed by atoms with Gasteiger partial charge in [0.1, 0.15) is 0 Å². The molecule has 3 aromatic rings. The molecule has 1 aliphatic rings. The quantitative estimate of drug-likeness (QED) is 0.300. The Balaban J connectivity index is 1.68. The Morgan fingerprint density at radius 2 is 1.68 bits per heavy atom. The molecule has 3 aromatic carbocycles. The summed E-state index contributed by atoms with van der Waals surface area (Å²) in [4.78, 5) is 15.3. The predicted molar refractivity (Wildman–Crippen MR) is 143 cm³/mol. The van der Waals surface area contributed by atoms with Gasteiger partial charge < -0.3 is 4.90 Å². The van der Waals surface area contributed by atoms with Crippen LogP contribution in [0.25, 0.3) is 0 Å². The Kier molecular flexibility index (Phi) is 7.77. The fourth-order valence-electron chi connectivity index (χ4n) is 4.03. The highest BCUT2D eigenvalue weighted by Crippen LogP contribution is 2.35. The van der Waals surface area contributed by atoms with Crippen molar-refractivity contribution in [1.82, 2.24) is 4.31 Å². The monoisotopic (exact) mass is 644 g/mol. The Bertz CT molecular complexity index is 1350. The van der Waals surface area contributed by atoms with Crippen LogP contribution in [0.2, 0.25) is 10.0 Å². The number of nitrogens with zero attached hydrogens (tertiary/aromatic N) is 2. The zero-order chi connectivity index (χ0) is 24.6. The molecule has 1 unspecified atom stereocenters. The van der Waals surface area contributed by atoms with Gasteiger partial charge in [-0.05, 0) is 79.1 Å². The number of anilines is 1. The van der Waals surface area contributed by atoms with Crippen molar-refractivity contribution >= 4 is 76.7 Å². The lowest BCUT2D eigenvalue weighted by Crippen LogP contribution is -2.44. The number of sulfonamides is 1. The first kappa shape index (κ1) is 25.7. The standard InChI is InChI=1S/C24H20Br2Cl2N2O3S/c1-15-10-17-12-19(26)5-9-23(17)30(15)24(31)14-29(13-16-2-8-21(27)22(28)11-16)34(32,33)20-6-3-18(25)4-7-20/h2-9,11-12,15H,10,13-14H2,1H3. The van der Waals surface area contributed by atoms with Crippen LogP contribution >= 0.6 is 55.1 Å². The summed E-state index contributed by atoms with van der Waals surface area (Å²) in [5, 5.41) is 0.691. The number of carbonyl (C=O) groups is 1. The second-order valence-electron chi connectivity index (χ2n) is 8.07. The predicted octanol–water partition coefficient (Wildman–Crippen LogP) is 6.69. The van der Waals surface area contributed by atoms with Crippen molar-refractivity contribution in [2.24, 2.45) is 0 Å². The summed E-state index contributed by atoms with van der Waals surface area (Å²) in [6.07, 6.45) is 0.701. The van der Waals surface area contributed by atoms with E-state index >= 15 is 0 Å². The summed E-state index contributed by atoms with van der Waals surface area (Å²) in [5.41, 5.74) is 2.47. The van der Waals surface area contributed by atoms with Gasteiger partial charge in [0.2, 0.25) is 15.9 Å². The van der Waals surface area contributed by atoms with E-state index in [0.29, 0.717) is 22.0 Å². The van der Waals surface area contributed by atoms with Crippen molar-refractivity contribution in [3.63, 3.8) is 0 Å². The zero-order valence-corrected chi connectivity index (χ0v) is 23.5. The Morgan fingerprint density at radius 3 is 2.35 bits per heavy atom. The lowest BCUT2D eigenvalue weighted by Gasteiger charge is -2.28. The van der Waals surface area contributed by atoms with E-state index < -0.39 is 10.0 Å². The molecule has 34 heavy (non-hydrogen) atoms. The van der Waals surface area contributed by atoms with Crippen LogP contribution in [0.4, 0.5) is 5.69 Å². The molecule has 1 heterocycles. The fraction of sp³-hybridized carbons (Fsp3) is 0.208. The molecule has 0 aliphatic carbocycles. The maximum Gasteiger partial charge on any atom is 0.243 e. The van der Waals surface area contributed by atoms with E-state index in [-0.39, 0.29) is 29.9 Å². The van der Waals surface area contributed by atoms with Crippen molar-refractivity contribution in [1.29, 1.82) is 0 Å². The number of hydrogen-bond donors (Lipinski definition) is 0. The number of carbonyl (C=O) groups excluding carboxylic acids is 1. The highest BCUT2D eigenvalue weighted by atomic mass is 79.9. The van der Waals surface area contributed by atoms with Crippen LogP contribution in [0, 0.1) is 0 Å². The summed E-state index contributed by atoms with van der Waals surface area (Å²) in [6.45, 7) is 1.60. The SMILES string of the molecule is CC1Cc2cc(Br)ccc2N1C(=O)CN(Cc1ccc(Cl)c(Cl)c1)S(=O)(=O)c1ccc(Br)cc1. The molecular formula is C24H20Br2Cl2N2O3S. The molecule has 0 saturated carbocycles. The lowest BCUT2D eigenvalue weighted by atomic mass is 10.1. The molecule has 10 heteroatoms. The van der Waals surface area contributed by atoms with E-state index in [1.807, 2.05) is 25.1 Å². The van der Waals surface area contributed by atoms with E-state index in [1.54, 1.807) is 35.2 Å². The summed E-state index contributed by atoms with van der Waals surface area (Å²) in [6, 6.07) is 16.9. The number of hydrogen-bond acceptors (Lipinski definition) is 3. The van der Waals surface area contributed by atoms with Gasteiger partial charge in [-0.2, -0.15) is 4.31 Å². The number of fused-ring (bicyclic) bond motifs is 1. The number of benzene rings is 3. The third-order valence-corrected chi connectivity index (χ3v) is 9.20. The molecule has 1 atom stereocenters. The molecule has 0 spiro atoms. The van der Waals surface area contributed by atoms with E-state index in [9.17, 15) is 13.2 Å². The number of amides is 1. The first-order chi connectivity index (χ1) is 16.1. The van der Waals surface area contributed by atoms with Crippen molar-refractivity contribution in [2.45, 2.75) is 30.8 Å². The molecule has 0 N–H and O–H groups in total. The molecule has 1 amide bonds. The normalized spacial score (nSPS) is 15.6. The Morgan fingerprint density at radius 1 is 1.00 bits per heavy atom. The number of rotatable bonds is 6. The van der Waals surface area contributed by atoms with Gasteiger partial charge in [0, 0.05) is 27.2 Å². The van der Waals surface area contributed by atoms with E-state index in [0.717, 1.165) is 20.2 Å². The second-order valence-corrected chi connectivity index (χ2v) is 12.6. The van der Waals surface area contributed by atoms with Crippen LogP contribution in [0.3, 0.4) is 0 Å². The molecule has 0 saturated heterocycles. The first-order valence-corrected chi connectivity index (χ1v) is 14.1. The third-order valence-electron chi connectivity index (χ3n) is 5.63. The van der Waals surface area contributed by atoms with Crippen molar-refractivity contribution in [2.75, 3.05) is 11.4 Å². The van der Waals surface area contributed by atoms with E-state index in [1.165, 1.54) is 16.4 Å². The molecular weight excluding hydrogens is 627 g/mol. The molecule has 5 nitrogen and oxygen atoms in total. The molecule has 0 aromatic heterocycles. The van der Waals surface area contributed by atoms with Crippen LogP contribution in [0.1, 0.15) is 18.1 Å². The number of halogens is 4. The van der Waals surface area contributed by atoms with Gasteiger partial charge >= 0.3 is 0 Å². The molecule has 178 valence electrons. The van der Waals surface area contributed by atoms with Gasteiger partial charge in [0.05, 0.1) is 21.5 Å². The van der Waals surface area contributed by atoms with Gasteiger partial charge in [0.25, 0.3) is 0 Å². The van der Waals surface area contributed by atoms with Crippen LogP contribution < -0.4 is 4.90 Å². The van der Waals surface area contributed by atoms with E-state index in [2.05, 4.69) is 31.9 Å². The average molecular weight is 647 g/mol. The Hall–Kier alpha value is -1.42. The molecule has 0 bridgehead atoms. The molecule has 4 rings (SSSR count). The molecule has 0 fully saturated rings. The third kappa shape index (κ3) is 5.37. The molecule has 1 aliphatic heterocycles. The topological polar surface area (TPSA) is 57.7 Å². The average Bonchev–Trinajstić information content (AvgIpc) is 3.10. The minimum atomic E-state index is -3.98. The van der Waals surface area contributed by atoms with Crippen LogP contribution in [0.5, 0.6) is 0 Å². The smallest absolute Gasteiger partial charge is 0.243 e. The summed E-state index contributed by atoms with van der Waals surface area (Å²) in [5.74, 6) is -0.297. The second kappa shape index (κ2) is 10.3. The summed E-state index contributed by atoms with van der Waals surface area (Å²) >= 11 is 19.0. The largest absolute Gasteiger partial charge is 0.308 e. The lowest BCUT2D eigenvalue weighted by molar-refractivity contribution is -0.119. The minimum absolute atomic E-state index is 0.0313. The Labute approximate surface area is 226 Å². The van der Waals surface area contributed by atoms with Gasteiger partial charge in [-0.15, -0.1) is 0 Å². The van der Waals surface area contributed by atoms with Gasteiger partial charge in [0.15, 0.2) is 0 Å². The highest BCUT2D eigenvalue weighted by Gasteiger charge is 2.34. The van der Waals surface area contributed by atoms with Gasteiger partial charge in [-0.1, -0.05) is 61.1 Å². The van der Waals surface area contributed by atoms with Crippen LogP contribution in [-0.2, 0) is 27.8 Å². The van der Waals surface area contributed by atoms with Crippen molar-refractivity contribution < 1.29 is 13.2 Å².